The Morgan fingerprint density at radius 2 is 1.52 bits per heavy atom. The maximum atomic E-state index is 12.7. The summed E-state index contributed by atoms with van der Waals surface area (Å²) < 4.78 is 0. The van der Waals surface area contributed by atoms with Crippen LogP contribution in [0.3, 0.4) is 0 Å². The molecule has 1 amide bonds. The third kappa shape index (κ3) is 6.25. The zero-order valence-corrected chi connectivity index (χ0v) is 18.1. The van der Waals surface area contributed by atoms with Gasteiger partial charge in [-0.1, -0.05) is 60.2 Å². The first kappa shape index (κ1) is 22.2. The third-order valence-electron chi connectivity index (χ3n) is 5.39. The van der Waals surface area contributed by atoms with Crippen LogP contribution < -0.4 is 5.32 Å². The number of aliphatic carboxylic acids is 1. The zero-order chi connectivity index (χ0) is 22.4. The highest BCUT2D eigenvalue weighted by atomic mass is 16.4. The van der Waals surface area contributed by atoms with Crippen molar-refractivity contribution in [2.75, 3.05) is 0 Å². The van der Waals surface area contributed by atoms with Gasteiger partial charge in [0.15, 0.2) is 0 Å². The van der Waals surface area contributed by atoms with Gasteiger partial charge in [-0.3, -0.25) is 14.6 Å². The third-order valence-corrected chi connectivity index (χ3v) is 5.39. The van der Waals surface area contributed by atoms with E-state index in [-0.39, 0.29) is 12.3 Å². The van der Waals surface area contributed by atoms with Crippen LogP contribution in [0.25, 0.3) is 0 Å². The molecule has 2 atom stereocenters. The van der Waals surface area contributed by atoms with Gasteiger partial charge < -0.3 is 10.4 Å². The molecule has 1 aromatic heterocycles. The van der Waals surface area contributed by atoms with Crippen LogP contribution >= 0.6 is 0 Å². The Hall–Kier alpha value is -3.47. The minimum absolute atomic E-state index is 0.192. The van der Waals surface area contributed by atoms with Crippen LogP contribution in [-0.4, -0.2) is 22.0 Å². The van der Waals surface area contributed by atoms with Crippen molar-refractivity contribution in [2.45, 2.75) is 39.7 Å². The molecule has 0 radical (unpaired) electrons. The highest BCUT2D eigenvalue weighted by molar-refractivity contribution is 5.80. The van der Waals surface area contributed by atoms with Crippen LogP contribution in [0, 0.1) is 19.8 Å². The van der Waals surface area contributed by atoms with E-state index in [1.54, 1.807) is 6.92 Å². The quantitative estimate of drug-likeness (QED) is 0.570. The summed E-state index contributed by atoms with van der Waals surface area (Å²) in [5.74, 6) is -1.89. The summed E-state index contributed by atoms with van der Waals surface area (Å²) in [7, 11) is 0. The summed E-state index contributed by atoms with van der Waals surface area (Å²) in [6.07, 6.45) is 2.78. The average Bonchev–Trinajstić information content (AvgIpc) is 2.75. The molecule has 0 aliphatic carbocycles. The molecule has 160 valence electrons. The fourth-order valence-electron chi connectivity index (χ4n) is 3.41. The number of hydrogen-bond donors (Lipinski definition) is 2. The number of aryl methyl sites for hydroxylation is 2. The topological polar surface area (TPSA) is 79.3 Å². The van der Waals surface area contributed by atoms with E-state index in [1.165, 1.54) is 0 Å². The van der Waals surface area contributed by atoms with E-state index < -0.39 is 17.9 Å². The van der Waals surface area contributed by atoms with Crippen molar-refractivity contribution >= 4 is 11.9 Å². The summed E-state index contributed by atoms with van der Waals surface area (Å²) in [5.41, 5.74) is 6.00. The largest absolute Gasteiger partial charge is 0.481 e. The van der Waals surface area contributed by atoms with Crippen LogP contribution in [0.2, 0.25) is 0 Å². The van der Waals surface area contributed by atoms with Crippen molar-refractivity contribution in [2.24, 2.45) is 5.92 Å². The van der Waals surface area contributed by atoms with Crippen LogP contribution in [0.4, 0.5) is 0 Å². The second-order valence-electron chi connectivity index (χ2n) is 8.08. The van der Waals surface area contributed by atoms with Crippen molar-refractivity contribution in [3.05, 3.63) is 100 Å². The van der Waals surface area contributed by atoms with Crippen molar-refractivity contribution in [3.8, 4) is 0 Å². The van der Waals surface area contributed by atoms with Gasteiger partial charge in [-0.25, -0.2) is 0 Å². The number of nitrogens with one attached hydrogen (secondary N) is 1. The molecule has 0 aliphatic rings. The van der Waals surface area contributed by atoms with E-state index in [1.807, 2.05) is 80.7 Å². The minimum Gasteiger partial charge on any atom is -0.481 e. The normalized spacial score (nSPS) is 12.7. The number of hydrogen-bond acceptors (Lipinski definition) is 3. The summed E-state index contributed by atoms with van der Waals surface area (Å²) in [4.78, 5) is 28.7. The van der Waals surface area contributed by atoms with Gasteiger partial charge in [-0.2, -0.15) is 0 Å². The summed E-state index contributed by atoms with van der Waals surface area (Å²) >= 11 is 0. The molecule has 2 N–H and O–H groups in total. The molecule has 3 aromatic rings. The molecule has 1 heterocycles. The first-order valence-electron chi connectivity index (χ1n) is 10.4. The van der Waals surface area contributed by atoms with Crippen molar-refractivity contribution in [3.63, 3.8) is 0 Å². The molecule has 0 fully saturated rings. The Morgan fingerprint density at radius 3 is 2.10 bits per heavy atom. The lowest BCUT2D eigenvalue weighted by atomic mass is 9.93. The van der Waals surface area contributed by atoms with Gasteiger partial charge in [0.25, 0.3) is 0 Å². The number of nitrogens with zero attached hydrogens (tertiary/aromatic N) is 1. The Labute approximate surface area is 183 Å². The maximum Gasteiger partial charge on any atom is 0.308 e. The highest BCUT2D eigenvalue weighted by Crippen LogP contribution is 2.23. The second-order valence-corrected chi connectivity index (χ2v) is 8.08. The van der Waals surface area contributed by atoms with Crippen molar-refractivity contribution in [1.82, 2.24) is 10.3 Å². The molecule has 5 heteroatoms. The molecular weight excluding hydrogens is 388 g/mol. The smallest absolute Gasteiger partial charge is 0.308 e. The Kier molecular flexibility index (Phi) is 7.19. The van der Waals surface area contributed by atoms with E-state index in [2.05, 4.69) is 10.3 Å². The van der Waals surface area contributed by atoms with Gasteiger partial charge in [0.1, 0.15) is 0 Å². The van der Waals surface area contributed by atoms with Crippen LogP contribution in [0.15, 0.2) is 66.9 Å². The maximum absolute atomic E-state index is 12.7. The number of benzene rings is 2. The summed E-state index contributed by atoms with van der Waals surface area (Å²) in [5, 5.41) is 12.4. The summed E-state index contributed by atoms with van der Waals surface area (Å²) in [6, 6.07) is 18.9. The Morgan fingerprint density at radius 1 is 0.903 bits per heavy atom. The molecule has 3 rings (SSSR count). The molecule has 0 saturated heterocycles. The van der Waals surface area contributed by atoms with Gasteiger partial charge >= 0.3 is 5.97 Å². The van der Waals surface area contributed by atoms with E-state index in [0.717, 1.165) is 39.9 Å². The standard InChI is InChI=1S/C26H28N2O3/c1-17-4-11-22(12-5-17)25(19(3)26(30)31)28-24(29)15-21-9-7-20(8-10-21)14-23-13-6-18(2)16-27-23/h4-13,16,19,25H,14-15H2,1-3H3,(H,28,29)(H,30,31)/t19-,25+/m1/s1. The van der Waals surface area contributed by atoms with Crippen molar-refractivity contribution in [1.29, 1.82) is 0 Å². The molecule has 2 aromatic carbocycles. The molecule has 0 spiro atoms. The monoisotopic (exact) mass is 416 g/mol. The number of carbonyl (C=O) groups excluding carboxylic acids is 1. The van der Waals surface area contributed by atoms with E-state index in [0.29, 0.717) is 0 Å². The van der Waals surface area contributed by atoms with Gasteiger partial charge in [-0.05, 0) is 49.1 Å². The first-order chi connectivity index (χ1) is 14.8. The van der Waals surface area contributed by atoms with E-state index in [4.69, 9.17) is 0 Å². The molecular formula is C26H28N2O3. The van der Waals surface area contributed by atoms with E-state index >= 15 is 0 Å². The lowest BCUT2D eigenvalue weighted by Crippen LogP contribution is -2.36. The predicted molar refractivity (Wildman–Crippen MR) is 121 cm³/mol. The van der Waals surface area contributed by atoms with Crippen LogP contribution in [-0.2, 0) is 22.4 Å². The number of carboxylic acids is 1. The highest BCUT2D eigenvalue weighted by Gasteiger charge is 2.26. The molecule has 5 nitrogen and oxygen atoms in total. The van der Waals surface area contributed by atoms with Gasteiger partial charge in [0, 0.05) is 18.3 Å². The number of carboxylic acid groups (broad SMARTS) is 1. The number of amides is 1. The first-order valence-corrected chi connectivity index (χ1v) is 10.4. The average molecular weight is 417 g/mol. The Bertz CT molecular complexity index is 1030. The summed E-state index contributed by atoms with van der Waals surface area (Å²) in [6.45, 7) is 5.59. The molecule has 0 bridgehead atoms. The molecule has 0 saturated carbocycles. The number of aromatic nitrogens is 1. The Balaban J connectivity index is 1.65. The number of pyridine rings is 1. The lowest BCUT2D eigenvalue weighted by Gasteiger charge is -2.23. The fourth-order valence-corrected chi connectivity index (χ4v) is 3.41. The second kappa shape index (κ2) is 10.0. The predicted octanol–water partition coefficient (Wildman–Crippen LogP) is 4.41. The van der Waals surface area contributed by atoms with Gasteiger partial charge in [-0.15, -0.1) is 0 Å². The number of rotatable bonds is 8. The zero-order valence-electron chi connectivity index (χ0n) is 18.1. The van der Waals surface area contributed by atoms with Gasteiger partial charge in [0.2, 0.25) is 5.91 Å². The SMILES string of the molecule is Cc1ccc([C@@H](NC(=O)Cc2ccc(Cc3ccc(C)cn3)cc2)[C@@H](C)C(=O)O)cc1. The number of carbonyl (C=O) groups is 2. The molecule has 0 aliphatic heterocycles. The van der Waals surface area contributed by atoms with Gasteiger partial charge in [0.05, 0.1) is 18.4 Å². The van der Waals surface area contributed by atoms with Crippen LogP contribution in [0.5, 0.6) is 0 Å². The van der Waals surface area contributed by atoms with Crippen LogP contribution in [0.1, 0.15) is 46.5 Å². The molecule has 31 heavy (non-hydrogen) atoms. The van der Waals surface area contributed by atoms with E-state index in [9.17, 15) is 14.7 Å². The minimum atomic E-state index is -0.944. The molecule has 0 unspecified atom stereocenters. The lowest BCUT2D eigenvalue weighted by molar-refractivity contribution is -0.142. The van der Waals surface area contributed by atoms with Crippen molar-refractivity contribution < 1.29 is 14.7 Å². The fraction of sp³-hybridized carbons (Fsp3) is 0.269.